The summed E-state index contributed by atoms with van der Waals surface area (Å²) in [6.45, 7) is 0.804. The summed E-state index contributed by atoms with van der Waals surface area (Å²) in [4.78, 5) is 47.7. The molecule has 0 spiro atoms. The molecule has 2 rings (SSSR count). The molecule has 0 aromatic rings. The first-order valence-electron chi connectivity index (χ1n) is 6.39. The molecule has 0 bridgehead atoms. The molecular weight excluding hydrogens is 268 g/mol. The fraction of sp³-hybridized carbons (Fsp3) is 0.667. The third-order valence-corrected chi connectivity index (χ3v) is 3.77. The Morgan fingerprint density at radius 3 is 1.50 bits per heavy atom. The summed E-state index contributed by atoms with van der Waals surface area (Å²) < 4.78 is 0. The van der Waals surface area contributed by atoms with Crippen molar-refractivity contribution in [2.24, 2.45) is 11.8 Å². The number of rotatable bonds is 5. The number of nitrogens with zero attached hydrogens (tertiary/aromatic N) is 2. The zero-order valence-corrected chi connectivity index (χ0v) is 10.8. The van der Waals surface area contributed by atoms with Crippen molar-refractivity contribution in [2.75, 3.05) is 26.2 Å². The van der Waals surface area contributed by atoms with Crippen molar-refractivity contribution in [2.45, 2.75) is 12.8 Å². The first kappa shape index (κ1) is 14.3. The van der Waals surface area contributed by atoms with Crippen LogP contribution in [0.15, 0.2) is 0 Å². The number of carboxylic acid groups (broad SMARTS) is 2. The smallest absolute Gasteiger partial charge is 0.308 e. The van der Waals surface area contributed by atoms with E-state index in [0.717, 1.165) is 0 Å². The third kappa shape index (κ3) is 2.89. The van der Waals surface area contributed by atoms with Crippen LogP contribution in [0.3, 0.4) is 0 Å². The Morgan fingerprint density at radius 1 is 0.900 bits per heavy atom. The number of aliphatic carboxylic acids is 2. The molecule has 2 N–H and O–H groups in total. The topological polar surface area (TPSA) is 115 Å². The number of likely N-dealkylation sites (tertiary alicyclic amines) is 2. The van der Waals surface area contributed by atoms with E-state index >= 15 is 0 Å². The standard InChI is InChI=1S/C12H16N2O6/c15-9-3-7(11(17)18)5-13(9)1-2-14-6-8(12(19)20)4-10(14)16/h7-8H,1-6H2,(H,17,18)(H,19,20)/t7-,8?/m1/s1. The van der Waals surface area contributed by atoms with Crippen molar-refractivity contribution < 1.29 is 29.4 Å². The zero-order valence-electron chi connectivity index (χ0n) is 10.8. The maximum Gasteiger partial charge on any atom is 0.308 e. The summed E-state index contributed by atoms with van der Waals surface area (Å²) in [5.74, 6) is -3.85. The van der Waals surface area contributed by atoms with Gasteiger partial charge in [-0.25, -0.2) is 0 Å². The lowest BCUT2D eigenvalue weighted by atomic mass is 10.1. The SMILES string of the molecule is O=C(O)C1CC(=O)N(CCN2C[C@H](C(=O)O)CC2=O)C1. The summed E-state index contributed by atoms with van der Waals surface area (Å²) in [6.07, 6.45) is -0.0257. The molecule has 1 unspecified atom stereocenters. The van der Waals surface area contributed by atoms with Gasteiger partial charge in [-0.05, 0) is 0 Å². The fourth-order valence-corrected chi connectivity index (χ4v) is 2.55. The van der Waals surface area contributed by atoms with E-state index in [2.05, 4.69) is 0 Å². The summed E-state index contributed by atoms with van der Waals surface area (Å²) in [7, 11) is 0. The molecule has 0 radical (unpaired) electrons. The number of hydrogen-bond acceptors (Lipinski definition) is 4. The summed E-state index contributed by atoms with van der Waals surface area (Å²) >= 11 is 0. The van der Waals surface area contributed by atoms with Crippen molar-refractivity contribution in [3.05, 3.63) is 0 Å². The Bertz CT molecular complexity index is 421. The average Bonchev–Trinajstić information content (AvgIpc) is 2.91. The van der Waals surface area contributed by atoms with Crippen LogP contribution < -0.4 is 0 Å². The molecule has 2 amide bonds. The maximum atomic E-state index is 11.6. The van der Waals surface area contributed by atoms with Gasteiger partial charge in [0.25, 0.3) is 0 Å². The van der Waals surface area contributed by atoms with Crippen LogP contribution in [0.1, 0.15) is 12.8 Å². The molecule has 2 fully saturated rings. The molecule has 2 atom stereocenters. The molecule has 0 aromatic carbocycles. The minimum absolute atomic E-state index is 0.0129. The first-order chi connectivity index (χ1) is 9.38. The first-order valence-corrected chi connectivity index (χ1v) is 6.39. The highest BCUT2D eigenvalue weighted by atomic mass is 16.4. The molecule has 0 aromatic heterocycles. The molecule has 20 heavy (non-hydrogen) atoms. The highest BCUT2D eigenvalue weighted by Crippen LogP contribution is 2.20. The van der Waals surface area contributed by atoms with Gasteiger partial charge < -0.3 is 20.0 Å². The van der Waals surface area contributed by atoms with Gasteiger partial charge in [-0.1, -0.05) is 0 Å². The Hall–Kier alpha value is -2.12. The predicted molar refractivity (Wildman–Crippen MR) is 64.6 cm³/mol. The van der Waals surface area contributed by atoms with Crippen LogP contribution in [-0.4, -0.2) is 69.9 Å². The van der Waals surface area contributed by atoms with E-state index in [1.54, 1.807) is 0 Å². The van der Waals surface area contributed by atoms with E-state index in [4.69, 9.17) is 10.2 Å². The molecule has 2 heterocycles. The van der Waals surface area contributed by atoms with Crippen LogP contribution in [0.25, 0.3) is 0 Å². The number of carboxylic acids is 2. The molecule has 8 heteroatoms. The highest BCUT2D eigenvalue weighted by Gasteiger charge is 2.37. The Labute approximate surface area is 114 Å². The van der Waals surface area contributed by atoms with E-state index in [9.17, 15) is 19.2 Å². The summed E-state index contributed by atoms with van der Waals surface area (Å²) in [5, 5.41) is 17.7. The molecule has 0 aliphatic carbocycles. The lowest BCUT2D eigenvalue weighted by molar-refractivity contribution is -0.142. The molecule has 2 aliphatic rings. The Morgan fingerprint density at radius 2 is 1.25 bits per heavy atom. The van der Waals surface area contributed by atoms with Crippen LogP contribution in [-0.2, 0) is 19.2 Å². The second-order valence-electron chi connectivity index (χ2n) is 5.16. The average molecular weight is 284 g/mol. The van der Waals surface area contributed by atoms with Gasteiger partial charge >= 0.3 is 11.9 Å². The van der Waals surface area contributed by atoms with E-state index in [-0.39, 0.29) is 50.8 Å². The second-order valence-corrected chi connectivity index (χ2v) is 5.16. The van der Waals surface area contributed by atoms with E-state index in [0.29, 0.717) is 0 Å². The van der Waals surface area contributed by atoms with Gasteiger partial charge in [0, 0.05) is 39.0 Å². The molecule has 2 aliphatic heterocycles. The van der Waals surface area contributed by atoms with E-state index in [1.165, 1.54) is 9.80 Å². The van der Waals surface area contributed by atoms with Gasteiger partial charge in [-0.15, -0.1) is 0 Å². The quantitative estimate of drug-likeness (QED) is 0.659. The number of carbonyl (C=O) groups is 4. The van der Waals surface area contributed by atoms with Crippen molar-refractivity contribution in [3.8, 4) is 0 Å². The Balaban J connectivity index is 1.84. The predicted octanol–water partition coefficient (Wildman–Crippen LogP) is -1.15. The van der Waals surface area contributed by atoms with E-state index in [1.807, 2.05) is 0 Å². The second kappa shape index (κ2) is 5.48. The highest BCUT2D eigenvalue weighted by molar-refractivity contribution is 5.87. The van der Waals surface area contributed by atoms with Crippen molar-refractivity contribution in [3.63, 3.8) is 0 Å². The fourth-order valence-electron chi connectivity index (χ4n) is 2.55. The lowest BCUT2D eigenvalue weighted by Crippen LogP contribution is -2.37. The van der Waals surface area contributed by atoms with Crippen LogP contribution in [0.5, 0.6) is 0 Å². The normalized spacial score (nSPS) is 26.4. The van der Waals surface area contributed by atoms with E-state index < -0.39 is 23.8 Å². The minimum Gasteiger partial charge on any atom is -0.481 e. The van der Waals surface area contributed by atoms with Crippen molar-refractivity contribution in [1.82, 2.24) is 9.80 Å². The third-order valence-electron chi connectivity index (χ3n) is 3.77. The number of carbonyl (C=O) groups excluding carboxylic acids is 2. The molecular formula is C12H16N2O6. The largest absolute Gasteiger partial charge is 0.481 e. The Kier molecular flexibility index (Phi) is 3.91. The van der Waals surface area contributed by atoms with Gasteiger partial charge in [0.2, 0.25) is 11.8 Å². The molecule has 110 valence electrons. The minimum atomic E-state index is -0.996. The maximum absolute atomic E-state index is 11.6. The molecule has 8 nitrogen and oxygen atoms in total. The van der Waals surface area contributed by atoms with Crippen molar-refractivity contribution in [1.29, 1.82) is 0 Å². The van der Waals surface area contributed by atoms with Crippen molar-refractivity contribution >= 4 is 23.8 Å². The van der Waals surface area contributed by atoms with Crippen LogP contribution in [0, 0.1) is 11.8 Å². The van der Waals surface area contributed by atoms with Crippen LogP contribution in [0.4, 0.5) is 0 Å². The van der Waals surface area contributed by atoms with Gasteiger partial charge in [0.05, 0.1) is 11.8 Å². The number of amides is 2. The van der Waals surface area contributed by atoms with Gasteiger partial charge in [0.1, 0.15) is 0 Å². The lowest BCUT2D eigenvalue weighted by Gasteiger charge is -2.21. The molecule has 0 saturated carbocycles. The monoisotopic (exact) mass is 284 g/mol. The number of hydrogen-bond donors (Lipinski definition) is 2. The summed E-state index contributed by atoms with van der Waals surface area (Å²) in [6, 6.07) is 0. The van der Waals surface area contributed by atoms with Crippen LogP contribution in [0.2, 0.25) is 0 Å². The summed E-state index contributed by atoms with van der Waals surface area (Å²) in [5.41, 5.74) is 0. The van der Waals surface area contributed by atoms with Crippen LogP contribution >= 0.6 is 0 Å². The zero-order chi connectivity index (χ0) is 14.9. The van der Waals surface area contributed by atoms with Gasteiger partial charge in [0.15, 0.2) is 0 Å². The van der Waals surface area contributed by atoms with Gasteiger partial charge in [-0.2, -0.15) is 0 Å². The molecule has 2 saturated heterocycles. The van der Waals surface area contributed by atoms with Gasteiger partial charge in [-0.3, -0.25) is 19.2 Å².